The second-order valence-electron chi connectivity index (χ2n) is 5.75. The highest BCUT2D eigenvalue weighted by atomic mass is 16.4. The van der Waals surface area contributed by atoms with E-state index >= 15 is 0 Å². The Balaban J connectivity index is 2.27. The Bertz CT molecular complexity index is 458. The van der Waals surface area contributed by atoms with Crippen LogP contribution in [0.3, 0.4) is 0 Å². The van der Waals surface area contributed by atoms with Crippen LogP contribution in [-0.2, 0) is 4.79 Å². The summed E-state index contributed by atoms with van der Waals surface area (Å²) in [6.45, 7) is 5.22. The van der Waals surface area contributed by atoms with Crippen molar-refractivity contribution >= 4 is 5.97 Å². The molecule has 0 radical (unpaired) electrons. The number of likely N-dealkylation sites (tertiary alicyclic amines) is 1. The Labute approximate surface area is 121 Å². The van der Waals surface area contributed by atoms with Crippen molar-refractivity contribution in [2.24, 2.45) is 0 Å². The monoisotopic (exact) mass is 275 g/mol. The predicted molar refractivity (Wildman–Crippen MR) is 80.8 cm³/mol. The van der Waals surface area contributed by atoms with Gasteiger partial charge >= 0.3 is 5.97 Å². The minimum absolute atomic E-state index is 0.250. The molecule has 20 heavy (non-hydrogen) atoms. The Morgan fingerprint density at radius 3 is 2.85 bits per heavy atom. The van der Waals surface area contributed by atoms with Crippen LogP contribution in [0.2, 0.25) is 0 Å². The maximum Gasteiger partial charge on any atom is 0.320 e. The van der Waals surface area contributed by atoms with Crippen LogP contribution >= 0.6 is 0 Å². The lowest BCUT2D eigenvalue weighted by atomic mass is 9.95. The molecule has 1 heterocycles. The van der Waals surface area contributed by atoms with Crippen molar-refractivity contribution < 1.29 is 9.90 Å². The number of hydrogen-bond acceptors (Lipinski definition) is 2. The summed E-state index contributed by atoms with van der Waals surface area (Å²) in [5, 5.41) is 9.43. The third kappa shape index (κ3) is 3.21. The van der Waals surface area contributed by atoms with Gasteiger partial charge in [-0.05, 0) is 43.9 Å². The molecule has 2 unspecified atom stereocenters. The lowest BCUT2D eigenvalue weighted by molar-refractivity contribution is -0.143. The number of carboxylic acids is 1. The van der Waals surface area contributed by atoms with Crippen LogP contribution in [0.5, 0.6) is 0 Å². The lowest BCUT2D eigenvalue weighted by Gasteiger charge is -2.32. The molecule has 0 saturated carbocycles. The van der Waals surface area contributed by atoms with E-state index in [1.807, 2.05) is 6.07 Å². The first-order chi connectivity index (χ1) is 9.65. The molecule has 0 aromatic heterocycles. The fourth-order valence-electron chi connectivity index (χ4n) is 3.29. The summed E-state index contributed by atoms with van der Waals surface area (Å²) in [6, 6.07) is 8.34. The van der Waals surface area contributed by atoms with Crippen molar-refractivity contribution in [2.45, 2.75) is 58.0 Å². The summed E-state index contributed by atoms with van der Waals surface area (Å²) < 4.78 is 0. The normalized spacial score (nSPS) is 21.0. The summed E-state index contributed by atoms with van der Waals surface area (Å²) in [5.41, 5.74) is 2.57. The van der Waals surface area contributed by atoms with Crippen LogP contribution in [0.15, 0.2) is 24.3 Å². The topological polar surface area (TPSA) is 40.5 Å². The van der Waals surface area contributed by atoms with Crippen molar-refractivity contribution in [3.63, 3.8) is 0 Å². The van der Waals surface area contributed by atoms with Gasteiger partial charge in [0.1, 0.15) is 6.04 Å². The molecular weight excluding hydrogens is 250 g/mol. The maximum atomic E-state index is 11.5. The summed E-state index contributed by atoms with van der Waals surface area (Å²) in [4.78, 5) is 13.7. The van der Waals surface area contributed by atoms with Crippen LogP contribution in [-0.4, -0.2) is 28.6 Å². The summed E-state index contributed by atoms with van der Waals surface area (Å²) in [6.07, 6.45) is 5.11. The standard InChI is InChI=1S/C17H25NO2/c1-3-4-10-15(14-9-6-5-8-13(14)2)18-12-7-11-16(18)17(19)20/h5-6,8-9,15-16H,3-4,7,10-12H2,1-2H3,(H,19,20). The number of carbonyl (C=O) groups is 1. The van der Waals surface area contributed by atoms with Crippen molar-refractivity contribution in [1.29, 1.82) is 0 Å². The first kappa shape index (κ1) is 15.0. The number of carboxylic acid groups (broad SMARTS) is 1. The van der Waals surface area contributed by atoms with E-state index in [0.717, 1.165) is 38.6 Å². The molecule has 0 amide bonds. The van der Waals surface area contributed by atoms with Crippen LogP contribution in [0.25, 0.3) is 0 Å². The number of rotatable bonds is 6. The molecule has 2 rings (SSSR count). The molecule has 3 nitrogen and oxygen atoms in total. The number of nitrogens with zero attached hydrogens (tertiary/aromatic N) is 1. The van der Waals surface area contributed by atoms with E-state index in [-0.39, 0.29) is 12.1 Å². The van der Waals surface area contributed by atoms with Gasteiger partial charge in [-0.1, -0.05) is 44.0 Å². The minimum Gasteiger partial charge on any atom is -0.480 e. The largest absolute Gasteiger partial charge is 0.480 e. The van der Waals surface area contributed by atoms with Gasteiger partial charge in [-0.3, -0.25) is 9.69 Å². The van der Waals surface area contributed by atoms with Gasteiger partial charge in [0.05, 0.1) is 0 Å². The molecule has 1 N–H and O–H groups in total. The first-order valence-corrected chi connectivity index (χ1v) is 7.69. The van der Waals surface area contributed by atoms with Gasteiger partial charge in [0.2, 0.25) is 0 Å². The second-order valence-corrected chi connectivity index (χ2v) is 5.75. The number of aliphatic carboxylic acids is 1. The van der Waals surface area contributed by atoms with Crippen molar-refractivity contribution in [3.8, 4) is 0 Å². The molecule has 110 valence electrons. The molecule has 0 aliphatic carbocycles. The van der Waals surface area contributed by atoms with Crippen molar-refractivity contribution in [1.82, 2.24) is 4.90 Å². The molecule has 3 heteroatoms. The van der Waals surface area contributed by atoms with E-state index in [4.69, 9.17) is 0 Å². The van der Waals surface area contributed by atoms with Gasteiger partial charge in [0.15, 0.2) is 0 Å². The minimum atomic E-state index is -0.669. The fraction of sp³-hybridized carbons (Fsp3) is 0.588. The highest BCUT2D eigenvalue weighted by Crippen LogP contribution is 2.34. The van der Waals surface area contributed by atoms with Gasteiger partial charge in [-0.15, -0.1) is 0 Å². The smallest absolute Gasteiger partial charge is 0.320 e. The fourth-order valence-corrected chi connectivity index (χ4v) is 3.29. The maximum absolute atomic E-state index is 11.5. The van der Waals surface area contributed by atoms with Crippen LogP contribution in [0.4, 0.5) is 0 Å². The van der Waals surface area contributed by atoms with Crippen molar-refractivity contribution in [3.05, 3.63) is 35.4 Å². The van der Waals surface area contributed by atoms with E-state index in [0.29, 0.717) is 0 Å². The Kier molecular flexibility index (Phi) is 5.18. The van der Waals surface area contributed by atoms with E-state index in [1.54, 1.807) is 0 Å². The molecule has 1 saturated heterocycles. The van der Waals surface area contributed by atoms with Crippen LogP contribution < -0.4 is 0 Å². The summed E-state index contributed by atoms with van der Waals surface area (Å²) in [7, 11) is 0. The van der Waals surface area contributed by atoms with Gasteiger partial charge in [-0.25, -0.2) is 0 Å². The van der Waals surface area contributed by atoms with Crippen LogP contribution in [0, 0.1) is 6.92 Å². The van der Waals surface area contributed by atoms with E-state index in [9.17, 15) is 9.90 Å². The number of unbranched alkanes of at least 4 members (excludes halogenated alkanes) is 1. The highest BCUT2D eigenvalue weighted by molar-refractivity contribution is 5.74. The molecule has 1 fully saturated rings. The predicted octanol–water partition coefficient (Wildman–Crippen LogP) is 3.78. The number of benzene rings is 1. The molecule has 0 spiro atoms. The number of aryl methyl sites for hydroxylation is 1. The Morgan fingerprint density at radius 2 is 2.20 bits per heavy atom. The molecule has 1 aromatic carbocycles. The molecular formula is C17H25NO2. The molecule has 1 aliphatic heterocycles. The van der Waals surface area contributed by atoms with E-state index in [1.165, 1.54) is 11.1 Å². The third-order valence-electron chi connectivity index (χ3n) is 4.36. The SMILES string of the molecule is CCCCC(c1ccccc1C)N1CCCC1C(=O)O. The van der Waals surface area contributed by atoms with E-state index in [2.05, 4.69) is 36.9 Å². The second kappa shape index (κ2) is 6.89. The zero-order valence-corrected chi connectivity index (χ0v) is 12.5. The lowest BCUT2D eigenvalue weighted by Crippen LogP contribution is -2.39. The molecule has 2 atom stereocenters. The Hall–Kier alpha value is -1.35. The summed E-state index contributed by atoms with van der Waals surface area (Å²) >= 11 is 0. The first-order valence-electron chi connectivity index (χ1n) is 7.69. The summed E-state index contributed by atoms with van der Waals surface area (Å²) in [5.74, 6) is -0.669. The Morgan fingerprint density at radius 1 is 1.45 bits per heavy atom. The van der Waals surface area contributed by atoms with Gasteiger partial charge in [0, 0.05) is 6.04 Å². The highest BCUT2D eigenvalue weighted by Gasteiger charge is 2.35. The zero-order chi connectivity index (χ0) is 14.5. The average molecular weight is 275 g/mol. The van der Waals surface area contributed by atoms with Crippen LogP contribution in [0.1, 0.15) is 56.2 Å². The zero-order valence-electron chi connectivity index (χ0n) is 12.5. The average Bonchev–Trinajstić information content (AvgIpc) is 2.90. The van der Waals surface area contributed by atoms with Gasteiger partial charge in [-0.2, -0.15) is 0 Å². The quantitative estimate of drug-likeness (QED) is 0.859. The van der Waals surface area contributed by atoms with Gasteiger partial charge < -0.3 is 5.11 Å². The van der Waals surface area contributed by atoms with Crippen molar-refractivity contribution in [2.75, 3.05) is 6.54 Å². The third-order valence-corrected chi connectivity index (χ3v) is 4.36. The van der Waals surface area contributed by atoms with Gasteiger partial charge in [0.25, 0.3) is 0 Å². The molecule has 1 aliphatic rings. The number of hydrogen-bond donors (Lipinski definition) is 1. The van der Waals surface area contributed by atoms with E-state index < -0.39 is 5.97 Å². The molecule has 1 aromatic rings. The molecule has 0 bridgehead atoms.